The summed E-state index contributed by atoms with van der Waals surface area (Å²) in [5, 5.41) is 1.77. The lowest BCUT2D eigenvalue weighted by atomic mass is 10.0. The van der Waals surface area contributed by atoms with Gasteiger partial charge in [0.25, 0.3) is 0 Å². The molecule has 0 radical (unpaired) electrons. The molecule has 0 aromatic carbocycles. The summed E-state index contributed by atoms with van der Waals surface area (Å²) >= 11 is 0. The number of hydrazine groups is 1. The van der Waals surface area contributed by atoms with E-state index in [1.807, 2.05) is 34.6 Å². The van der Waals surface area contributed by atoms with Crippen LogP contribution >= 0.6 is 0 Å². The smallest absolute Gasteiger partial charge is 0.410 e. The normalized spacial score (nSPS) is 22.0. The van der Waals surface area contributed by atoms with Gasteiger partial charge in [0.1, 0.15) is 5.60 Å². The summed E-state index contributed by atoms with van der Waals surface area (Å²) in [5.41, 5.74) is -0.643. The molecule has 5 heteroatoms. The highest BCUT2D eigenvalue weighted by atomic mass is 16.6. The molecule has 0 aromatic heterocycles. The van der Waals surface area contributed by atoms with Crippen molar-refractivity contribution in [3.05, 3.63) is 0 Å². The predicted octanol–water partition coefficient (Wildman–Crippen LogP) is 1.19. The van der Waals surface area contributed by atoms with E-state index < -0.39 is 5.60 Å². The third-order valence-electron chi connectivity index (χ3n) is 2.62. The molecule has 1 rings (SSSR count). The number of nitrogens with two attached hydrogens (primary N) is 1. The van der Waals surface area contributed by atoms with Crippen molar-refractivity contribution in [2.75, 3.05) is 19.6 Å². The van der Waals surface area contributed by atoms with Crippen LogP contribution in [0.5, 0.6) is 0 Å². The SMILES string of the molecule is CC(C)(C)OC(=O)N1CCN(N)C(C)(C)C1. The van der Waals surface area contributed by atoms with Crippen LogP contribution in [-0.4, -0.2) is 46.8 Å². The molecule has 2 N–H and O–H groups in total. The predicted molar refractivity (Wildman–Crippen MR) is 62.8 cm³/mol. The number of hydrogen-bond donors (Lipinski definition) is 1. The highest BCUT2D eigenvalue weighted by Gasteiger charge is 2.35. The van der Waals surface area contributed by atoms with Crippen molar-refractivity contribution in [2.45, 2.75) is 45.8 Å². The second kappa shape index (κ2) is 4.22. The van der Waals surface area contributed by atoms with Crippen molar-refractivity contribution < 1.29 is 9.53 Å². The molecule has 1 fully saturated rings. The molecule has 0 spiro atoms. The number of rotatable bonds is 0. The fraction of sp³-hybridized carbons (Fsp3) is 0.909. The van der Waals surface area contributed by atoms with Crippen LogP contribution in [0.25, 0.3) is 0 Å². The maximum atomic E-state index is 11.9. The molecule has 1 heterocycles. The minimum atomic E-state index is -0.443. The first-order valence-electron chi connectivity index (χ1n) is 5.62. The number of ether oxygens (including phenoxy) is 1. The molecular weight excluding hydrogens is 206 g/mol. The Bertz CT molecular complexity index is 271. The van der Waals surface area contributed by atoms with Crippen LogP contribution in [-0.2, 0) is 4.74 Å². The number of piperazine rings is 1. The minimum absolute atomic E-state index is 0.199. The van der Waals surface area contributed by atoms with Crippen molar-refractivity contribution in [1.82, 2.24) is 9.91 Å². The zero-order chi connectivity index (χ0) is 12.6. The molecule has 0 unspecified atom stereocenters. The summed E-state index contributed by atoms with van der Waals surface area (Å²) < 4.78 is 5.33. The first kappa shape index (κ1) is 13.3. The monoisotopic (exact) mass is 229 g/mol. The lowest BCUT2D eigenvalue weighted by molar-refractivity contribution is -0.0154. The Balaban J connectivity index is 2.60. The van der Waals surface area contributed by atoms with Gasteiger partial charge in [-0.25, -0.2) is 9.80 Å². The van der Waals surface area contributed by atoms with Crippen molar-refractivity contribution >= 4 is 6.09 Å². The molecule has 16 heavy (non-hydrogen) atoms. The fourth-order valence-electron chi connectivity index (χ4n) is 1.65. The minimum Gasteiger partial charge on any atom is -0.444 e. The summed E-state index contributed by atoms with van der Waals surface area (Å²) in [6.45, 7) is 11.5. The van der Waals surface area contributed by atoms with E-state index in [2.05, 4.69) is 0 Å². The Labute approximate surface area is 97.5 Å². The molecular formula is C11H23N3O2. The van der Waals surface area contributed by atoms with Crippen molar-refractivity contribution in [3.8, 4) is 0 Å². The molecule has 1 saturated heterocycles. The third-order valence-corrected chi connectivity index (χ3v) is 2.62. The highest BCUT2D eigenvalue weighted by Crippen LogP contribution is 2.19. The molecule has 0 aliphatic carbocycles. The van der Waals surface area contributed by atoms with E-state index in [0.717, 1.165) is 0 Å². The zero-order valence-corrected chi connectivity index (χ0v) is 10.9. The Hall–Kier alpha value is -0.810. The van der Waals surface area contributed by atoms with Gasteiger partial charge in [0.2, 0.25) is 0 Å². The third kappa shape index (κ3) is 3.35. The first-order valence-corrected chi connectivity index (χ1v) is 5.62. The number of carbonyl (C=O) groups is 1. The van der Waals surface area contributed by atoms with Gasteiger partial charge in [0.05, 0.1) is 0 Å². The Morgan fingerprint density at radius 1 is 1.31 bits per heavy atom. The average Bonchev–Trinajstić information content (AvgIpc) is 2.06. The average molecular weight is 229 g/mol. The largest absolute Gasteiger partial charge is 0.444 e. The molecule has 94 valence electrons. The summed E-state index contributed by atoms with van der Waals surface area (Å²) in [6, 6.07) is 0. The summed E-state index contributed by atoms with van der Waals surface area (Å²) in [7, 11) is 0. The van der Waals surface area contributed by atoms with E-state index in [-0.39, 0.29) is 11.6 Å². The van der Waals surface area contributed by atoms with Gasteiger partial charge in [-0.3, -0.25) is 5.84 Å². The van der Waals surface area contributed by atoms with Crippen LogP contribution in [0.3, 0.4) is 0 Å². The molecule has 5 nitrogen and oxygen atoms in total. The van der Waals surface area contributed by atoms with Crippen LogP contribution < -0.4 is 5.84 Å². The summed E-state index contributed by atoms with van der Waals surface area (Å²) in [4.78, 5) is 13.6. The molecule has 0 aromatic rings. The second-order valence-electron chi connectivity index (χ2n) is 5.91. The van der Waals surface area contributed by atoms with Crippen LogP contribution in [0.4, 0.5) is 4.79 Å². The van der Waals surface area contributed by atoms with E-state index in [9.17, 15) is 4.79 Å². The topological polar surface area (TPSA) is 58.8 Å². The van der Waals surface area contributed by atoms with E-state index in [1.54, 1.807) is 9.91 Å². The first-order chi connectivity index (χ1) is 7.12. The molecule has 1 aliphatic rings. The van der Waals surface area contributed by atoms with Gasteiger partial charge >= 0.3 is 6.09 Å². The standard InChI is InChI=1S/C11H23N3O2/c1-10(2,3)16-9(15)13-6-7-14(12)11(4,5)8-13/h6-8,12H2,1-5H3. The van der Waals surface area contributed by atoms with Crippen molar-refractivity contribution in [2.24, 2.45) is 5.84 Å². The number of hydrogen-bond acceptors (Lipinski definition) is 4. The fourth-order valence-corrected chi connectivity index (χ4v) is 1.65. The van der Waals surface area contributed by atoms with Gasteiger partial charge in [-0.05, 0) is 34.6 Å². The lowest BCUT2D eigenvalue weighted by Crippen LogP contribution is -2.63. The molecule has 0 atom stereocenters. The molecule has 1 amide bonds. The second-order valence-corrected chi connectivity index (χ2v) is 5.91. The maximum absolute atomic E-state index is 11.9. The van der Waals surface area contributed by atoms with Crippen LogP contribution in [0, 0.1) is 0 Å². The van der Waals surface area contributed by atoms with Gasteiger partial charge < -0.3 is 9.64 Å². The van der Waals surface area contributed by atoms with Gasteiger partial charge in [-0.1, -0.05) is 0 Å². The number of amides is 1. The number of carbonyl (C=O) groups excluding carboxylic acids is 1. The van der Waals surface area contributed by atoms with Crippen LogP contribution in [0.15, 0.2) is 0 Å². The van der Waals surface area contributed by atoms with E-state index in [0.29, 0.717) is 19.6 Å². The van der Waals surface area contributed by atoms with E-state index in [4.69, 9.17) is 10.6 Å². The maximum Gasteiger partial charge on any atom is 0.410 e. The summed E-state index contributed by atoms with van der Waals surface area (Å²) in [6.07, 6.45) is -0.256. The highest BCUT2D eigenvalue weighted by molar-refractivity contribution is 5.68. The number of nitrogens with zero attached hydrogens (tertiary/aromatic N) is 2. The van der Waals surface area contributed by atoms with Gasteiger partial charge in [0, 0.05) is 25.2 Å². The van der Waals surface area contributed by atoms with Crippen LogP contribution in [0.2, 0.25) is 0 Å². The Morgan fingerprint density at radius 3 is 2.31 bits per heavy atom. The Kier molecular flexibility index (Phi) is 3.50. The van der Waals surface area contributed by atoms with Crippen molar-refractivity contribution in [3.63, 3.8) is 0 Å². The zero-order valence-electron chi connectivity index (χ0n) is 10.9. The quantitative estimate of drug-likeness (QED) is 0.634. The molecule has 0 bridgehead atoms. The van der Waals surface area contributed by atoms with E-state index in [1.165, 1.54) is 0 Å². The van der Waals surface area contributed by atoms with Crippen LogP contribution in [0.1, 0.15) is 34.6 Å². The lowest BCUT2D eigenvalue weighted by Gasteiger charge is -2.44. The van der Waals surface area contributed by atoms with Gasteiger partial charge in [0.15, 0.2) is 0 Å². The van der Waals surface area contributed by atoms with Crippen molar-refractivity contribution in [1.29, 1.82) is 0 Å². The van der Waals surface area contributed by atoms with E-state index >= 15 is 0 Å². The van der Waals surface area contributed by atoms with Gasteiger partial charge in [-0.2, -0.15) is 0 Å². The Morgan fingerprint density at radius 2 is 1.88 bits per heavy atom. The molecule has 1 aliphatic heterocycles. The van der Waals surface area contributed by atoms with Gasteiger partial charge in [-0.15, -0.1) is 0 Å². The molecule has 0 saturated carbocycles. The summed E-state index contributed by atoms with van der Waals surface area (Å²) in [5.74, 6) is 5.86.